The van der Waals surface area contributed by atoms with E-state index >= 15 is 0 Å². The second-order valence-corrected chi connectivity index (χ2v) is 12.4. The average Bonchev–Trinajstić information content (AvgIpc) is 3.07. The molecule has 2 aliphatic rings. The number of nitrogens with zero attached hydrogens (tertiary/aromatic N) is 2. The molecule has 0 bridgehead atoms. The van der Waals surface area contributed by atoms with Gasteiger partial charge in [-0.3, -0.25) is 4.79 Å². The second-order valence-electron chi connectivity index (χ2n) is 8.47. The molecule has 1 amide bonds. The number of hydrogen-bond acceptors (Lipinski definition) is 5. The Bertz CT molecular complexity index is 1230. The van der Waals surface area contributed by atoms with Gasteiger partial charge in [0.15, 0.2) is 9.84 Å². The molecule has 32 heavy (non-hydrogen) atoms. The second kappa shape index (κ2) is 8.96. The molecule has 1 saturated heterocycles. The summed E-state index contributed by atoms with van der Waals surface area (Å²) in [6.07, 6.45) is 6.30. The highest BCUT2D eigenvalue weighted by atomic mass is 32.2. The number of rotatable bonds is 4. The van der Waals surface area contributed by atoms with Gasteiger partial charge in [0.2, 0.25) is 10.0 Å². The zero-order valence-corrected chi connectivity index (χ0v) is 19.8. The summed E-state index contributed by atoms with van der Waals surface area (Å²) in [7, 11) is -7.00. The van der Waals surface area contributed by atoms with Crippen LogP contribution in [0.25, 0.3) is 0 Å². The molecule has 7 nitrogen and oxygen atoms in total. The van der Waals surface area contributed by atoms with Crippen LogP contribution in [-0.2, 0) is 26.3 Å². The average molecular weight is 477 g/mol. The number of sulfone groups is 1. The maximum Gasteiger partial charge on any atom is 0.258 e. The van der Waals surface area contributed by atoms with Gasteiger partial charge in [-0.25, -0.2) is 16.8 Å². The minimum atomic E-state index is -3.66. The van der Waals surface area contributed by atoms with Crippen LogP contribution in [0.3, 0.4) is 0 Å². The molecule has 0 saturated carbocycles. The summed E-state index contributed by atoms with van der Waals surface area (Å²) in [4.78, 5) is 15.3. The predicted molar refractivity (Wildman–Crippen MR) is 123 cm³/mol. The highest BCUT2D eigenvalue weighted by Gasteiger charge is 2.28. The maximum atomic E-state index is 13.4. The van der Waals surface area contributed by atoms with Gasteiger partial charge < -0.3 is 4.90 Å². The molecule has 2 aromatic carbocycles. The van der Waals surface area contributed by atoms with E-state index in [1.54, 1.807) is 35.2 Å². The fourth-order valence-corrected chi connectivity index (χ4v) is 6.63. The number of fused-ring (bicyclic) bond motifs is 1. The normalized spacial score (nSPS) is 18.1. The van der Waals surface area contributed by atoms with Gasteiger partial charge in [-0.1, -0.05) is 18.9 Å². The number of benzene rings is 2. The maximum absolute atomic E-state index is 13.4. The van der Waals surface area contributed by atoms with Crippen molar-refractivity contribution in [2.45, 2.75) is 48.3 Å². The molecule has 172 valence electrons. The van der Waals surface area contributed by atoms with Crippen LogP contribution >= 0.6 is 0 Å². The SMILES string of the molecule is CS(=O)(=O)c1ccc2c(c1)CCCN2C(=O)c1cccc(S(=O)(=O)N2CCCCCC2)c1. The molecule has 0 radical (unpaired) electrons. The fourth-order valence-electron chi connectivity index (χ4n) is 4.39. The highest BCUT2D eigenvalue weighted by Crippen LogP contribution is 2.31. The Labute approximate surface area is 190 Å². The first-order chi connectivity index (χ1) is 15.2. The summed E-state index contributed by atoms with van der Waals surface area (Å²) < 4.78 is 51.6. The van der Waals surface area contributed by atoms with Crippen molar-refractivity contribution >= 4 is 31.5 Å². The highest BCUT2D eigenvalue weighted by molar-refractivity contribution is 7.90. The van der Waals surface area contributed by atoms with Gasteiger partial charge in [0.25, 0.3) is 5.91 Å². The molecule has 1 fully saturated rings. The van der Waals surface area contributed by atoms with E-state index in [0.29, 0.717) is 43.7 Å². The van der Waals surface area contributed by atoms with Gasteiger partial charge in [-0.05, 0) is 67.6 Å². The first kappa shape index (κ1) is 22.9. The van der Waals surface area contributed by atoms with Gasteiger partial charge in [0.1, 0.15) is 0 Å². The van der Waals surface area contributed by atoms with Gasteiger partial charge in [-0.15, -0.1) is 0 Å². The fraction of sp³-hybridized carbons (Fsp3) is 0.435. The van der Waals surface area contributed by atoms with E-state index in [9.17, 15) is 21.6 Å². The van der Waals surface area contributed by atoms with Crippen LogP contribution in [0.1, 0.15) is 48.0 Å². The van der Waals surface area contributed by atoms with E-state index in [-0.39, 0.29) is 15.7 Å². The third kappa shape index (κ3) is 4.60. The largest absolute Gasteiger partial charge is 0.308 e. The molecule has 0 aromatic heterocycles. The number of amides is 1. The standard InChI is InChI=1S/C23H28N2O5S2/c1-31(27,28)20-11-12-22-18(16-20)9-7-15-25(22)23(26)19-8-6-10-21(17-19)32(29,30)24-13-4-2-3-5-14-24/h6,8,10-12,16-17H,2-5,7,9,13-15H2,1H3. The van der Waals surface area contributed by atoms with Crippen molar-refractivity contribution < 1.29 is 21.6 Å². The Balaban J connectivity index is 1.64. The van der Waals surface area contributed by atoms with Gasteiger partial charge in [-0.2, -0.15) is 4.31 Å². The molecule has 4 rings (SSSR count). The summed E-state index contributed by atoms with van der Waals surface area (Å²) >= 11 is 0. The third-order valence-electron chi connectivity index (χ3n) is 6.13. The van der Waals surface area contributed by atoms with E-state index in [1.807, 2.05) is 0 Å². The van der Waals surface area contributed by atoms with Gasteiger partial charge in [0, 0.05) is 37.1 Å². The first-order valence-electron chi connectivity index (χ1n) is 10.9. The van der Waals surface area contributed by atoms with Crippen molar-refractivity contribution in [1.82, 2.24) is 4.31 Å². The Morgan fingerprint density at radius 1 is 0.812 bits per heavy atom. The molecule has 2 aliphatic heterocycles. The smallest absolute Gasteiger partial charge is 0.258 e. The van der Waals surface area contributed by atoms with Gasteiger partial charge >= 0.3 is 0 Å². The quantitative estimate of drug-likeness (QED) is 0.676. The summed E-state index contributed by atoms with van der Waals surface area (Å²) in [5, 5.41) is 0. The minimum absolute atomic E-state index is 0.134. The third-order valence-corrected chi connectivity index (χ3v) is 9.13. The van der Waals surface area contributed by atoms with E-state index in [0.717, 1.165) is 37.5 Å². The van der Waals surface area contributed by atoms with Gasteiger partial charge in [0.05, 0.1) is 9.79 Å². The number of sulfonamides is 1. The zero-order chi connectivity index (χ0) is 22.9. The number of carbonyl (C=O) groups excluding carboxylic acids is 1. The minimum Gasteiger partial charge on any atom is -0.308 e. The summed E-state index contributed by atoms with van der Waals surface area (Å²) in [6, 6.07) is 11.0. The van der Waals surface area contributed by atoms with Crippen LogP contribution in [0.15, 0.2) is 52.3 Å². The number of anilines is 1. The zero-order valence-electron chi connectivity index (χ0n) is 18.2. The first-order valence-corrected chi connectivity index (χ1v) is 14.3. The van der Waals surface area contributed by atoms with Crippen LogP contribution in [0.4, 0.5) is 5.69 Å². The molecular formula is C23H28N2O5S2. The van der Waals surface area contributed by atoms with E-state index in [4.69, 9.17) is 0 Å². The molecule has 2 heterocycles. The molecule has 9 heteroatoms. The van der Waals surface area contributed by atoms with E-state index < -0.39 is 19.9 Å². The summed E-state index contributed by atoms with van der Waals surface area (Å²) in [5.74, 6) is -0.286. The Hall–Kier alpha value is -2.23. The lowest BCUT2D eigenvalue weighted by Gasteiger charge is -2.30. The molecule has 0 atom stereocenters. The number of hydrogen-bond donors (Lipinski definition) is 0. The monoisotopic (exact) mass is 476 g/mol. The molecule has 0 unspecified atom stereocenters. The molecule has 0 aliphatic carbocycles. The lowest BCUT2D eigenvalue weighted by molar-refractivity contribution is 0.0985. The topological polar surface area (TPSA) is 91.8 Å². The Morgan fingerprint density at radius 2 is 1.53 bits per heavy atom. The van der Waals surface area contributed by atoms with Crippen LogP contribution < -0.4 is 4.90 Å². The molecule has 0 spiro atoms. The molecular weight excluding hydrogens is 448 g/mol. The van der Waals surface area contributed by atoms with Crippen molar-refractivity contribution in [1.29, 1.82) is 0 Å². The van der Waals surface area contributed by atoms with E-state index in [2.05, 4.69) is 0 Å². The van der Waals surface area contributed by atoms with Crippen LogP contribution in [0.5, 0.6) is 0 Å². The van der Waals surface area contributed by atoms with Crippen molar-refractivity contribution in [2.24, 2.45) is 0 Å². The van der Waals surface area contributed by atoms with E-state index in [1.165, 1.54) is 16.4 Å². The lowest BCUT2D eigenvalue weighted by Crippen LogP contribution is -2.36. The van der Waals surface area contributed by atoms with Crippen LogP contribution in [-0.4, -0.2) is 52.9 Å². The molecule has 2 aromatic rings. The van der Waals surface area contributed by atoms with Crippen molar-refractivity contribution in [3.8, 4) is 0 Å². The Morgan fingerprint density at radius 3 is 2.22 bits per heavy atom. The number of carbonyl (C=O) groups is 1. The summed E-state index contributed by atoms with van der Waals surface area (Å²) in [6.45, 7) is 1.50. The van der Waals surface area contributed by atoms with Crippen molar-refractivity contribution in [2.75, 3.05) is 30.8 Å². The Kier molecular flexibility index (Phi) is 6.42. The van der Waals surface area contributed by atoms with Crippen molar-refractivity contribution in [3.63, 3.8) is 0 Å². The molecule has 0 N–H and O–H groups in total. The predicted octanol–water partition coefficient (Wildman–Crippen LogP) is 3.25. The number of aryl methyl sites for hydroxylation is 1. The van der Waals surface area contributed by atoms with Crippen LogP contribution in [0.2, 0.25) is 0 Å². The van der Waals surface area contributed by atoms with Crippen LogP contribution in [0, 0.1) is 0 Å². The lowest BCUT2D eigenvalue weighted by atomic mass is 10.0. The summed E-state index contributed by atoms with van der Waals surface area (Å²) in [5.41, 5.74) is 1.79. The van der Waals surface area contributed by atoms with Crippen molar-refractivity contribution in [3.05, 3.63) is 53.6 Å².